The second-order valence-electron chi connectivity index (χ2n) is 9.81. The summed E-state index contributed by atoms with van der Waals surface area (Å²) in [5.74, 6) is -3.26. The van der Waals surface area contributed by atoms with Gasteiger partial charge in [0.1, 0.15) is 29.9 Å². The van der Waals surface area contributed by atoms with E-state index in [4.69, 9.17) is 16.6 Å². The van der Waals surface area contributed by atoms with Gasteiger partial charge in [0, 0.05) is 6.54 Å². The van der Waals surface area contributed by atoms with Crippen LogP contribution in [0.1, 0.15) is 51.5 Å². The quantitative estimate of drug-likeness (QED) is 0.141. The summed E-state index contributed by atoms with van der Waals surface area (Å²) in [6.07, 6.45) is 2.57. The molecule has 39 heavy (non-hydrogen) atoms. The van der Waals surface area contributed by atoms with Gasteiger partial charge in [-0.25, -0.2) is 0 Å². The Labute approximate surface area is 227 Å². The summed E-state index contributed by atoms with van der Waals surface area (Å²) < 4.78 is 0. The molecule has 13 nitrogen and oxygen atoms in total. The Bertz CT molecular complexity index is 1020. The number of nitrogens with two attached hydrogens (primary N) is 2. The van der Waals surface area contributed by atoms with Crippen LogP contribution in [0.5, 0.6) is 5.75 Å². The second kappa shape index (κ2) is 15.0. The molecule has 13 heteroatoms. The Morgan fingerprint density at radius 1 is 1.00 bits per heavy atom. The average molecular weight is 549 g/mol. The van der Waals surface area contributed by atoms with Gasteiger partial charge in [0.15, 0.2) is 0 Å². The molecule has 0 spiro atoms. The van der Waals surface area contributed by atoms with Gasteiger partial charge in [0.25, 0.3) is 0 Å². The van der Waals surface area contributed by atoms with Crippen LogP contribution in [0.2, 0.25) is 0 Å². The van der Waals surface area contributed by atoms with E-state index in [-0.39, 0.29) is 18.6 Å². The van der Waals surface area contributed by atoms with E-state index in [2.05, 4.69) is 16.0 Å². The first-order valence-electron chi connectivity index (χ1n) is 13.1. The lowest BCUT2D eigenvalue weighted by atomic mass is 10.0. The van der Waals surface area contributed by atoms with Crippen LogP contribution in [0.15, 0.2) is 24.3 Å². The number of benzene rings is 1. The van der Waals surface area contributed by atoms with E-state index >= 15 is 0 Å². The number of nitrogens with zero attached hydrogens (tertiary/aromatic N) is 1. The number of hydrogen-bond acceptors (Lipinski definition) is 8. The lowest BCUT2D eigenvalue weighted by Gasteiger charge is -2.30. The van der Waals surface area contributed by atoms with Crippen molar-refractivity contribution in [3.05, 3.63) is 29.8 Å². The third-order valence-electron chi connectivity index (χ3n) is 6.61. The van der Waals surface area contributed by atoms with Crippen LogP contribution >= 0.6 is 0 Å². The Morgan fingerprint density at radius 2 is 1.67 bits per heavy atom. The van der Waals surface area contributed by atoms with Crippen LogP contribution < -0.4 is 27.4 Å². The van der Waals surface area contributed by atoms with Crippen molar-refractivity contribution >= 4 is 29.6 Å². The van der Waals surface area contributed by atoms with Gasteiger partial charge in [-0.1, -0.05) is 12.1 Å². The second-order valence-corrected chi connectivity index (χ2v) is 9.81. The van der Waals surface area contributed by atoms with E-state index in [0.29, 0.717) is 38.8 Å². The van der Waals surface area contributed by atoms with Gasteiger partial charge >= 0.3 is 5.97 Å². The maximum atomic E-state index is 13.4. The maximum absolute atomic E-state index is 13.4. The molecule has 9 N–H and O–H groups in total. The number of phenolic OH excluding ortho intramolecular Hbond substituents is 1. The van der Waals surface area contributed by atoms with Gasteiger partial charge in [-0.05, 0) is 76.6 Å². The predicted octanol–water partition coefficient (Wildman–Crippen LogP) is -1.04. The van der Waals surface area contributed by atoms with Crippen molar-refractivity contribution < 1.29 is 34.2 Å². The smallest absolute Gasteiger partial charge is 0.325 e. The van der Waals surface area contributed by atoms with E-state index in [1.807, 2.05) is 0 Å². The summed E-state index contributed by atoms with van der Waals surface area (Å²) in [4.78, 5) is 64.2. The number of carbonyl (C=O) groups excluding carboxylic acids is 4. The highest BCUT2D eigenvalue weighted by Gasteiger charge is 2.38. The van der Waals surface area contributed by atoms with Crippen molar-refractivity contribution in [1.82, 2.24) is 20.9 Å². The van der Waals surface area contributed by atoms with Gasteiger partial charge in [-0.15, -0.1) is 0 Å². The molecule has 5 atom stereocenters. The number of amides is 4. The van der Waals surface area contributed by atoms with Crippen LogP contribution in [0.4, 0.5) is 0 Å². The number of carbonyl (C=O) groups is 5. The molecular formula is C26H40N6O7. The largest absolute Gasteiger partial charge is 0.508 e. The normalized spacial score (nSPS) is 17.9. The molecule has 1 aromatic rings. The molecule has 1 aliphatic heterocycles. The van der Waals surface area contributed by atoms with Crippen LogP contribution in [-0.2, 0) is 30.4 Å². The lowest BCUT2D eigenvalue weighted by molar-refractivity contribution is -0.144. The first-order chi connectivity index (χ1) is 18.4. The Hall–Kier alpha value is -3.71. The molecule has 0 bridgehead atoms. The molecule has 216 valence electrons. The molecule has 1 saturated heterocycles. The molecule has 1 heterocycles. The fourth-order valence-electron chi connectivity index (χ4n) is 4.29. The number of nitrogens with one attached hydrogen (secondary N) is 3. The van der Waals surface area contributed by atoms with Crippen molar-refractivity contribution in [3.8, 4) is 5.75 Å². The number of carboxylic acid groups (broad SMARTS) is 1. The minimum Gasteiger partial charge on any atom is -0.508 e. The van der Waals surface area contributed by atoms with Gasteiger partial charge in [-0.3, -0.25) is 24.0 Å². The van der Waals surface area contributed by atoms with Crippen molar-refractivity contribution in [2.75, 3.05) is 13.1 Å². The van der Waals surface area contributed by atoms with Crippen molar-refractivity contribution in [3.63, 3.8) is 0 Å². The molecule has 0 aliphatic carbocycles. The molecule has 0 saturated carbocycles. The van der Waals surface area contributed by atoms with E-state index in [1.54, 1.807) is 12.1 Å². The monoisotopic (exact) mass is 548 g/mol. The van der Waals surface area contributed by atoms with Crippen molar-refractivity contribution in [2.24, 2.45) is 11.5 Å². The minimum absolute atomic E-state index is 0.0910. The lowest BCUT2D eigenvalue weighted by Crippen LogP contribution is -2.57. The molecule has 4 amide bonds. The predicted molar refractivity (Wildman–Crippen MR) is 142 cm³/mol. The number of rotatable bonds is 14. The highest BCUT2D eigenvalue weighted by molar-refractivity contribution is 5.95. The number of hydrogen-bond donors (Lipinski definition) is 7. The van der Waals surface area contributed by atoms with Gasteiger partial charge in [-0.2, -0.15) is 0 Å². The fraction of sp³-hybridized carbons (Fsp3) is 0.577. The van der Waals surface area contributed by atoms with Crippen LogP contribution in [0.25, 0.3) is 0 Å². The van der Waals surface area contributed by atoms with E-state index in [9.17, 15) is 29.1 Å². The Morgan fingerprint density at radius 3 is 2.28 bits per heavy atom. The van der Waals surface area contributed by atoms with Crippen molar-refractivity contribution in [1.29, 1.82) is 0 Å². The third-order valence-corrected chi connectivity index (χ3v) is 6.61. The maximum Gasteiger partial charge on any atom is 0.325 e. The van der Waals surface area contributed by atoms with Gasteiger partial charge < -0.3 is 42.5 Å². The van der Waals surface area contributed by atoms with E-state index in [0.717, 1.165) is 5.56 Å². The molecule has 0 unspecified atom stereocenters. The molecule has 1 aromatic carbocycles. The summed E-state index contributed by atoms with van der Waals surface area (Å²) >= 11 is 0. The number of likely N-dealkylation sites (tertiary alicyclic amines) is 1. The number of carboxylic acids is 1. The first-order valence-corrected chi connectivity index (χ1v) is 13.1. The first kappa shape index (κ1) is 31.5. The summed E-state index contributed by atoms with van der Waals surface area (Å²) in [5, 5.41) is 26.1. The van der Waals surface area contributed by atoms with E-state index < -0.39 is 59.8 Å². The summed E-state index contributed by atoms with van der Waals surface area (Å²) in [6.45, 7) is 3.51. The zero-order valence-corrected chi connectivity index (χ0v) is 22.4. The summed E-state index contributed by atoms with van der Waals surface area (Å²) in [6, 6.07) is 1.40. The standard InChI is InChI=1S/C26H40N6O7/c1-15(29-23(35)19(28)14-17-8-10-18(33)11-9-17)22(34)31-20(6-3-4-12-27)25(37)32-13-5-7-21(32)24(36)30-16(2)26(38)39/h8-11,15-16,19-21,33H,3-7,12-14,27-28H2,1-2H3,(H,29,35)(H,30,36)(H,31,34)(H,38,39)/t15-,16-,19-,20-,21-/m0/s1. The SMILES string of the molecule is C[C@H](NC(=O)[C@@H]1CCCN1C(=O)[C@H](CCCCN)NC(=O)[C@H](C)NC(=O)[C@@H](N)Cc1ccc(O)cc1)C(=O)O. The highest BCUT2D eigenvalue weighted by atomic mass is 16.4. The van der Waals surface area contributed by atoms with Crippen molar-refractivity contribution in [2.45, 2.75) is 82.6 Å². The molecule has 1 fully saturated rings. The molecule has 1 aliphatic rings. The van der Waals surface area contributed by atoms with Crippen LogP contribution in [0.3, 0.4) is 0 Å². The number of unbranched alkanes of at least 4 members (excludes halogenated alkanes) is 1. The van der Waals surface area contributed by atoms with E-state index in [1.165, 1.54) is 30.9 Å². The number of aromatic hydroxyl groups is 1. The van der Waals surface area contributed by atoms with Crippen LogP contribution in [-0.4, -0.2) is 88.0 Å². The number of aliphatic carboxylic acids is 1. The van der Waals surface area contributed by atoms with Crippen LogP contribution in [0, 0.1) is 0 Å². The molecular weight excluding hydrogens is 508 g/mol. The minimum atomic E-state index is -1.19. The number of phenols is 1. The zero-order valence-electron chi connectivity index (χ0n) is 22.4. The summed E-state index contributed by atoms with van der Waals surface area (Å²) in [7, 11) is 0. The average Bonchev–Trinajstić information content (AvgIpc) is 3.39. The molecule has 2 rings (SSSR count). The Balaban J connectivity index is 2.03. The fourth-order valence-corrected chi connectivity index (χ4v) is 4.29. The Kier molecular flexibility index (Phi) is 12.1. The highest BCUT2D eigenvalue weighted by Crippen LogP contribution is 2.20. The van der Waals surface area contributed by atoms with Gasteiger partial charge in [0.05, 0.1) is 6.04 Å². The molecule has 0 aromatic heterocycles. The third kappa shape index (κ3) is 9.52. The summed E-state index contributed by atoms with van der Waals surface area (Å²) in [5.41, 5.74) is 12.3. The van der Waals surface area contributed by atoms with Gasteiger partial charge in [0.2, 0.25) is 23.6 Å². The molecule has 0 radical (unpaired) electrons. The topological polar surface area (TPSA) is 217 Å². The zero-order chi connectivity index (χ0) is 29.1.